The minimum atomic E-state index is -0.936. The van der Waals surface area contributed by atoms with Gasteiger partial charge in [0.1, 0.15) is 17.2 Å². The summed E-state index contributed by atoms with van der Waals surface area (Å²) < 4.78 is 28.8. The molecule has 0 atom stereocenters. The predicted octanol–water partition coefficient (Wildman–Crippen LogP) is 5.23. The van der Waals surface area contributed by atoms with Gasteiger partial charge >= 0.3 is 0 Å². The number of amides is 1. The van der Waals surface area contributed by atoms with Gasteiger partial charge in [0.15, 0.2) is 0 Å². The molecule has 7 heteroatoms. The zero-order chi connectivity index (χ0) is 18.5. The molecule has 0 spiro atoms. The fourth-order valence-electron chi connectivity index (χ4n) is 2.33. The molecule has 0 radical (unpaired) electrons. The molecular weight excluding hydrogens is 378 g/mol. The average molecular weight is 391 g/mol. The van der Waals surface area contributed by atoms with Gasteiger partial charge in [0, 0.05) is 15.5 Å². The van der Waals surface area contributed by atoms with Crippen LogP contribution in [0.15, 0.2) is 71.6 Å². The lowest BCUT2D eigenvalue weighted by Crippen LogP contribution is -2.33. The number of halogens is 3. The topological polar surface area (TPSA) is 41.1 Å². The molecule has 1 amide bonds. The highest BCUT2D eigenvalue weighted by atomic mass is 35.5. The molecule has 0 heterocycles. The Kier molecular flexibility index (Phi) is 5.88. The fourth-order valence-corrected chi connectivity index (χ4v) is 3.17. The van der Waals surface area contributed by atoms with Crippen LogP contribution in [0.1, 0.15) is 10.4 Å². The highest BCUT2D eigenvalue weighted by Gasteiger charge is 2.21. The Bertz CT molecular complexity index is 938. The standard InChI is InChI=1S/C19H13ClF2N2OS/c20-13-7-4-8-14(11-13)26-24-23-19(25)17-16(21)10-9-15(18(17)22)12-5-2-1-3-6-12/h1-11,24H,(H,23,25). The molecule has 3 aromatic rings. The van der Waals surface area contributed by atoms with E-state index in [9.17, 15) is 13.6 Å². The summed E-state index contributed by atoms with van der Waals surface area (Å²) in [5.74, 6) is -2.76. The van der Waals surface area contributed by atoms with E-state index in [1.54, 1.807) is 54.6 Å². The van der Waals surface area contributed by atoms with E-state index in [1.165, 1.54) is 6.07 Å². The number of rotatable bonds is 5. The summed E-state index contributed by atoms with van der Waals surface area (Å²) in [6.07, 6.45) is 0. The third-order valence-corrected chi connectivity index (χ3v) is 4.46. The van der Waals surface area contributed by atoms with Gasteiger partial charge in [-0.05, 0) is 47.8 Å². The highest BCUT2D eigenvalue weighted by molar-refractivity contribution is 7.97. The fraction of sp³-hybridized carbons (Fsp3) is 0. The number of hydrogen-bond acceptors (Lipinski definition) is 3. The van der Waals surface area contributed by atoms with Crippen LogP contribution < -0.4 is 10.3 Å². The minimum absolute atomic E-state index is 0.152. The van der Waals surface area contributed by atoms with Gasteiger partial charge < -0.3 is 0 Å². The zero-order valence-corrected chi connectivity index (χ0v) is 14.9. The normalized spacial score (nSPS) is 10.6. The van der Waals surface area contributed by atoms with Crippen LogP contribution in [0.25, 0.3) is 11.1 Å². The van der Waals surface area contributed by atoms with Crippen molar-refractivity contribution in [1.29, 1.82) is 0 Å². The Morgan fingerprint density at radius 1 is 0.962 bits per heavy atom. The van der Waals surface area contributed by atoms with E-state index in [-0.39, 0.29) is 5.56 Å². The molecule has 0 aromatic heterocycles. The summed E-state index contributed by atoms with van der Waals surface area (Å²) in [4.78, 5) is 15.5. The zero-order valence-electron chi connectivity index (χ0n) is 13.3. The molecule has 0 unspecified atom stereocenters. The van der Waals surface area contributed by atoms with Crippen molar-refractivity contribution < 1.29 is 13.6 Å². The van der Waals surface area contributed by atoms with Crippen molar-refractivity contribution in [2.75, 3.05) is 0 Å². The number of carbonyl (C=O) groups is 1. The summed E-state index contributed by atoms with van der Waals surface area (Å²) in [6.45, 7) is 0. The maximum Gasteiger partial charge on any atom is 0.272 e. The molecule has 0 saturated carbocycles. The van der Waals surface area contributed by atoms with Crippen LogP contribution in [0.4, 0.5) is 8.78 Å². The van der Waals surface area contributed by atoms with Crippen molar-refractivity contribution in [2.45, 2.75) is 4.90 Å². The van der Waals surface area contributed by atoms with E-state index in [0.717, 1.165) is 22.9 Å². The van der Waals surface area contributed by atoms with E-state index < -0.39 is 23.1 Å². The van der Waals surface area contributed by atoms with Crippen LogP contribution >= 0.6 is 23.5 Å². The van der Waals surface area contributed by atoms with Crippen molar-refractivity contribution in [2.24, 2.45) is 0 Å². The first kappa shape index (κ1) is 18.4. The van der Waals surface area contributed by atoms with Crippen molar-refractivity contribution in [3.8, 4) is 11.1 Å². The second-order valence-electron chi connectivity index (χ2n) is 5.27. The monoisotopic (exact) mass is 390 g/mol. The lowest BCUT2D eigenvalue weighted by atomic mass is 10.0. The molecule has 0 fully saturated rings. The minimum Gasteiger partial charge on any atom is -0.277 e. The lowest BCUT2D eigenvalue weighted by Gasteiger charge is -2.11. The maximum atomic E-state index is 14.7. The Labute approximate surface area is 158 Å². The molecule has 132 valence electrons. The van der Waals surface area contributed by atoms with Crippen LogP contribution in [-0.2, 0) is 0 Å². The third kappa shape index (κ3) is 4.22. The van der Waals surface area contributed by atoms with Gasteiger partial charge in [-0.2, -0.15) is 4.83 Å². The van der Waals surface area contributed by atoms with Gasteiger partial charge in [0.2, 0.25) is 0 Å². The molecule has 0 aliphatic rings. The third-order valence-electron chi connectivity index (χ3n) is 3.53. The van der Waals surface area contributed by atoms with E-state index in [2.05, 4.69) is 10.3 Å². The van der Waals surface area contributed by atoms with E-state index in [4.69, 9.17) is 11.6 Å². The van der Waals surface area contributed by atoms with Crippen molar-refractivity contribution >= 4 is 29.5 Å². The molecule has 0 bridgehead atoms. The Morgan fingerprint density at radius 2 is 1.73 bits per heavy atom. The molecule has 0 aliphatic carbocycles. The number of carbonyl (C=O) groups excluding carboxylic acids is 1. The Hall–Kier alpha value is -2.41. The molecule has 3 rings (SSSR count). The van der Waals surface area contributed by atoms with Crippen molar-refractivity contribution in [3.05, 3.63) is 89.0 Å². The Morgan fingerprint density at radius 3 is 2.46 bits per heavy atom. The number of hydrazine groups is 1. The molecule has 26 heavy (non-hydrogen) atoms. The lowest BCUT2D eigenvalue weighted by molar-refractivity contribution is 0.0938. The van der Waals surface area contributed by atoms with Crippen LogP contribution in [0.3, 0.4) is 0 Å². The van der Waals surface area contributed by atoms with E-state index in [1.807, 2.05) is 0 Å². The summed E-state index contributed by atoms with van der Waals surface area (Å²) in [7, 11) is 0. The molecule has 0 aliphatic heterocycles. The number of benzene rings is 3. The maximum absolute atomic E-state index is 14.7. The van der Waals surface area contributed by atoms with Gasteiger partial charge in [-0.1, -0.05) is 48.0 Å². The van der Waals surface area contributed by atoms with Gasteiger partial charge in [-0.3, -0.25) is 10.2 Å². The second-order valence-corrected chi connectivity index (χ2v) is 6.58. The van der Waals surface area contributed by atoms with Crippen LogP contribution in [0.5, 0.6) is 0 Å². The van der Waals surface area contributed by atoms with Crippen molar-refractivity contribution in [3.63, 3.8) is 0 Å². The average Bonchev–Trinajstić information content (AvgIpc) is 2.63. The van der Waals surface area contributed by atoms with E-state index in [0.29, 0.717) is 10.6 Å². The van der Waals surface area contributed by atoms with E-state index >= 15 is 0 Å². The SMILES string of the molecule is O=C(NNSc1cccc(Cl)c1)c1c(F)ccc(-c2ccccc2)c1F. The van der Waals surface area contributed by atoms with Gasteiger partial charge in [-0.25, -0.2) is 8.78 Å². The van der Waals surface area contributed by atoms with Crippen LogP contribution in [0.2, 0.25) is 5.02 Å². The second kappa shape index (κ2) is 8.31. The highest BCUT2D eigenvalue weighted by Crippen LogP contribution is 2.26. The first-order valence-electron chi connectivity index (χ1n) is 7.57. The summed E-state index contributed by atoms with van der Waals surface area (Å²) >= 11 is 6.93. The predicted molar refractivity (Wildman–Crippen MR) is 99.7 cm³/mol. The van der Waals surface area contributed by atoms with Crippen LogP contribution in [0, 0.1) is 11.6 Å². The van der Waals surface area contributed by atoms with Gasteiger partial charge in [0.25, 0.3) is 5.91 Å². The molecule has 3 aromatic carbocycles. The molecule has 2 N–H and O–H groups in total. The summed E-state index contributed by atoms with van der Waals surface area (Å²) in [6, 6.07) is 17.9. The number of nitrogens with one attached hydrogen (secondary N) is 2. The molecular formula is C19H13ClF2N2OS. The first-order chi connectivity index (χ1) is 12.6. The number of hydrogen-bond donors (Lipinski definition) is 2. The van der Waals surface area contributed by atoms with Crippen molar-refractivity contribution in [1.82, 2.24) is 10.3 Å². The first-order valence-corrected chi connectivity index (χ1v) is 8.77. The van der Waals surface area contributed by atoms with Crippen LogP contribution in [-0.4, -0.2) is 5.91 Å². The van der Waals surface area contributed by atoms with Gasteiger partial charge in [-0.15, -0.1) is 0 Å². The summed E-state index contributed by atoms with van der Waals surface area (Å²) in [5.41, 5.74) is 2.34. The quantitative estimate of drug-likeness (QED) is 0.463. The molecule has 3 nitrogen and oxygen atoms in total. The largest absolute Gasteiger partial charge is 0.277 e. The summed E-state index contributed by atoms with van der Waals surface area (Å²) in [5, 5.41) is 0.538. The Balaban J connectivity index is 1.76. The molecule has 0 saturated heterocycles. The smallest absolute Gasteiger partial charge is 0.272 e. The van der Waals surface area contributed by atoms with Gasteiger partial charge in [0.05, 0.1) is 0 Å².